The van der Waals surface area contributed by atoms with Crippen LogP contribution in [0.4, 0.5) is 39.4 Å². The van der Waals surface area contributed by atoms with Crippen molar-refractivity contribution in [1.29, 1.82) is 0 Å². The number of imidazole rings is 1. The summed E-state index contributed by atoms with van der Waals surface area (Å²) in [7, 11) is 1.33. The van der Waals surface area contributed by atoms with E-state index < -0.39 is 36.4 Å². The SMILES string of the molecule is CN(CC(F)F)c1nc2nc(Nc3c(Cl)ccc(CNC(=O)C(C)(C)C)c3Cl)[nH]c2cc1C(=O)N=C1CCC(C(F)(F)F)CC1. The molecule has 1 aliphatic rings. The van der Waals surface area contributed by atoms with Crippen LogP contribution in [-0.2, 0) is 11.3 Å². The maximum atomic E-state index is 13.3. The molecular formula is C29H32Cl2F5N7O2. The van der Waals surface area contributed by atoms with E-state index >= 15 is 0 Å². The van der Waals surface area contributed by atoms with Gasteiger partial charge in [-0.25, -0.2) is 18.8 Å². The fraction of sp³-hybridized carbons (Fsp3) is 0.483. The Morgan fingerprint density at radius 1 is 1.13 bits per heavy atom. The van der Waals surface area contributed by atoms with E-state index in [1.165, 1.54) is 13.1 Å². The molecule has 0 saturated heterocycles. The molecular weight excluding hydrogens is 644 g/mol. The monoisotopic (exact) mass is 675 g/mol. The van der Waals surface area contributed by atoms with E-state index in [-0.39, 0.29) is 82.4 Å². The van der Waals surface area contributed by atoms with Crippen molar-refractivity contribution in [3.05, 3.63) is 39.4 Å². The van der Waals surface area contributed by atoms with Crippen molar-refractivity contribution in [2.24, 2.45) is 16.3 Å². The molecule has 3 aromatic rings. The first-order valence-electron chi connectivity index (χ1n) is 14.0. The Morgan fingerprint density at radius 3 is 2.40 bits per heavy atom. The van der Waals surface area contributed by atoms with Crippen molar-refractivity contribution in [2.45, 2.75) is 65.6 Å². The third-order valence-electron chi connectivity index (χ3n) is 7.28. The summed E-state index contributed by atoms with van der Waals surface area (Å²) in [6.45, 7) is 4.72. The molecule has 4 rings (SSSR count). The van der Waals surface area contributed by atoms with Gasteiger partial charge in [0.1, 0.15) is 5.82 Å². The van der Waals surface area contributed by atoms with E-state index in [4.69, 9.17) is 23.2 Å². The van der Waals surface area contributed by atoms with Gasteiger partial charge in [-0.15, -0.1) is 0 Å². The summed E-state index contributed by atoms with van der Waals surface area (Å²) in [5, 5.41) is 6.25. The summed E-state index contributed by atoms with van der Waals surface area (Å²) >= 11 is 13.0. The predicted octanol–water partition coefficient (Wildman–Crippen LogP) is 7.71. The first-order chi connectivity index (χ1) is 20.9. The molecule has 0 spiro atoms. The molecule has 0 radical (unpaired) electrons. The van der Waals surface area contributed by atoms with Gasteiger partial charge in [0.05, 0.1) is 39.3 Å². The Hall–Kier alpha value is -3.52. The second-order valence-electron chi connectivity index (χ2n) is 11.8. The number of hydrogen-bond donors (Lipinski definition) is 3. The molecule has 16 heteroatoms. The van der Waals surface area contributed by atoms with Gasteiger partial charge in [-0.05, 0) is 43.4 Å². The average Bonchev–Trinajstić information content (AvgIpc) is 3.34. The fourth-order valence-corrected chi connectivity index (χ4v) is 5.27. The van der Waals surface area contributed by atoms with Crippen LogP contribution in [0.5, 0.6) is 0 Å². The van der Waals surface area contributed by atoms with Gasteiger partial charge in [0.2, 0.25) is 11.9 Å². The molecule has 2 aromatic heterocycles. The lowest BCUT2D eigenvalue weighted by Crippen LogP contribution is -2.34. The second kappa shape index (κ2) is 13.5. The lowest BCUT2D eigenvalue weighted by Gasteiger charge is -2.25. The van der Waals surface area contributed by atoms with Gasteiger partial charge >= 0.3 is 6.18 Å². The van der Waals surface area contributed by atoms with Crippen molar-refractivity contribution in [3.63, 3.8) is 0 Å². The third kappa shape index (κ3) is 8.40. The van der Waals surface area contributed by atoms with Crippen molar-refractivity contribution in [1.82, 2.24) is 20.3 Å². The number of amides is 2. The third-order valence-corrected chi connectivity index (χ3v) is 8.02. The Morgan fingerprint density at radius 2 is 1.80 bits per heavy atom. The Kier molecular flexibility index (Phi) is 10.3. The molecule has 0 bridgehead atoms. The molecule has 2 heterocycles. The summed E-state index contributed by atoms with van der Waals surface area (Å²) in [6.07, 6.45) is -7.45. The van der Waals surface area contributed by atoms with E-state index in [9.17, 15) is 31.5 Å². The number of nitrogens with zero attached hydrogens (tertiary/aromatic N) is 4. The molecule has 0 atom stereocenters. The summed E-state index contributed by atoms with van der Waals surface area (Å²) in [5.41, 5.74) is 0.732. The van der Waals surface area contributed by atoms with Gasteiger partial charge in [0.15, 0.2) is 5.65 Å². The minimum absolute atomic E-state index is 0.00755. The van der Waals surface area contributed by atoms with Crippen molar-refractivity contribution < 1.29 is 31.5 Å². The zero-order valence-electron chi connectivity index (χ0n) is 24.9. The van der Waals surface area contributed by atoms with Crippen LogP contribution < -0.4 is 15.5 Å². The number of fused-ring (bicyclic) bond motifs is 1. The number of rotatable bonds is 8. The number of H-pyrrole nitrogens is 1. The van der Waals surface area contributed by atoms with Gasteiger partial charge < -0.3 is 20.5 Å². The van der Waals surface area contributed by atoms with Gasteiger partial charge in [-0.2, -0.15) is 18.2 Å². The molecule has 9 nitrogen and oxygen atoms in total. The number of nitrogens with one attached hydrogen (secondary N) is 3. The molecule has 1 fully saturated rings. The minimum atomic E-state index is -4.32. The molecule has 1 saturated carbocycles. The predicted molar refractivity (Wildman–Crippen MR) is 164 cm³/mol. The van der Waals surface area contributed by atoms with Gasteiger partial charge in [0.25, 0.3) is 12.3 Å². The molecule has 244 valence electrons. The number of benzene rings is 1. The van der Waals surface area contributed by atoms with E-state index in [1.807, 2.05) is 0 Å². The quantitative estimate of drug-likeness (QED) is 0.211. The number of carbonyl (C=O) groups is 2. The van der Waals surface area contributed by atoms with Crippen LogP contribution in [0.25, 0.3) is 11.2 Å². The van der Waals surface area contributed by atoms with E-state index in [0.29, 0.717) is 11.3 Å². The fourth-order valence-electron chi connectivity index (χ4n) is 4.73. The van der Waals surface area contributed by atoms with Crippen LogP contribution in [0.3, 0.4) is 0 Å². The maximum absolute atomic E-state index is 13.3. The first kappa shape index (κ1) is 34.4. The van der Waals surface area contributed by atoms with Gasteiger partial charge in [-0.3, -0.25) is 9.59 Å². The standard InChI is InChI=1S/C29H32Cl2F5N7O2/c1-28(2,3)26(45)37-12-14-5-10-18(30)22(21(14)31)40-27-39-19-11-17(24(41-23(19)42-27)43(4)13-20(32)33)25(44)38-16-8-6-15(7-9-16)29(34,35)36/h5,10-11,15,20H,6-9,12-13H2,1-4H3,(H,37,45)(H2,39,40,41,42). The normalized spacial score (nSPS) is 15.8. The van der Waals surface area contributed by atoms with Crippen LogP contribution >= 0.6 is 23.2 Å². The topological polar surface area (TPSA) is 115 Å². The number of anilines is 3. The van der Waals surface area contributed by atoms with Crippen molar-refractivity contribution in [2.75, 3.05) is 23.8 Å². The number of carbonyl (C=O) groups excluding carboxylic acids is 2. The average molecular weight is 677 g/mol. The molecule has 3 N–H and O–H groups in total. The number of aromatic amines is 1. The first-order valence-corrected chi connectivity index (χ1v) is 14.8. The van der Waals surface area contributed by atoms with Crippen molar-refractivity contribution >= 4 is 69.3 Å². The summed E-state index contributed by atoms with van der Waals surface area (Å²) in [5.74, 6) is -2.46. The lowest BCUT2D eigenvalue weighted by atomic mass is 9.87. The molecule has 1 aromatic carbocycles. The van der Waals surface area contributed by atoms with Crippen LogP contribution in [0.2, 0.25) is 10.0 Å². The maximum Gasteiger partial charge on any atom is 0.391 e. The zero-order chi connectivity index (χ0) is 33.3. The highest BCUT2D eigenvalue weighted by Gasteiger charge is 2.40. The number of halogens is 7. The summed E-state index contributed by atoms with van der Waals surface area (Å²) in [6, 6.07) is 4.61. The molecule has 0 aliphatic heterocycles. The molecule has 0 unspecified atom stereocenters. The molecule has 45 heavy (non-hydrogen) atoms. The van der Waals surface area contributed by atoms with E-state index in [2.05, 4.69) is 30.6 Å². The van der Waals surface area contributed by atoms with E-state index in [1.54, 1.807) is 32.9 Å². The Bertz CT molecular complexity index is 1610. The van der Waals surface area contributed by atoms with Gasteiger partial charge in [0, 0.05) is 24.7 Å². The van der Waals surface area contributed by atoms with Crippen LogP contribution in [0.1, 0.15) is 62.4 Å². The second-order valence-corrected chi connectivity index (χ2v) is 12.6. The highest BCUT2D eigenvalue weighted by molar-refractivity contribution is 6.39. The Labute approximate surface area is 266 Å². The number of hydrogen-bond acceptors (Lipinski definition) is 6. The molecule has 2 amide bonds. The number of aromatic nitrogens is 3. The van der Waals surface area contributed by atoms with Crippen molar-refractivity contribution in [3.8, 4) is 0 Å². The van der Waals surface area contributed by atoms with Gasteiger partial charge in [-0.1, -0.05) is 50.0 Å². The lowest BCUT2D eigenvalue weighted by molar-refractivity contribution is -0.178. The van der Waals surface area contributed by atoms with Crippen LogP contribution in [-0.4, -0.2) is 58.7 Å². The summed E-state index contributed by atoms with van der Waals surface area (Å²) in [4.78, 5) is 42.4. The van der Waals surface area contributed by atoms with Crippen LogP contribution in [0.15, 0.2) is 23.2 Å². The number of alkyl halides is 5. The number of pyridine rings is 1. The Balaban J connectivity index is 1.64. The number of aliphatic imine (C=N–C) groups is 1. The molecule has 1 aliphatic carbocycles. The highest BCUT2D eigenvalue weighted by atomic mass is 35.5. The van der Waals surface area contributed by atoms with E-state index in [0.717, 1.165) is 4.90 Å². The largest absolute Gasteiger partial charge is 0.391 e. The smallest absolute Gasteiger partial charge is 0.353 e. The van der Waals surface area contributed by atoms with Crippen LogP contribution in [0, 0.1) is 11.3 Å². The zero-order valence-corrected chi connectivity index (χ0v) is 26.4. The highest BCUT2D eigenvalue weighted by Crippen LogP contribution is 2.38. The summed E-state index contributed by atoms with van der Waals surface area (Å²) < 4.78 is 65.8. The minimum Gasteiger partial charge on any atom is -0.353 e.